The van der Waals surface area contributed by atoms with Gasteiger partial charge in [-0.2, -0.15) is 0 Å². The molecule has 1 heteroatoms. The normalized spacial score (nSPS) is 12.8. The third kappa shape index (κ3) is 3.46. The van der Waals surface area contributed by atoms with Crippen molar-refractivity contribution >= 4 is 0 Å². The highest BCUT2D eigenvalue weighted by atomic mass is 16.3. The van der Waals surface area contributed by atoms with Gasteiger partial charge in [0.25, 0.3) is 0 Å². The van der Waals surface area contributed by atoms with Gasteiger partial charge in [-0.25, -0.2) is 0 Å². The Morgan fingerprint density at radius 1 is 1.36 bits per heavy atom. The van der Waals surface area contributed by atoms with Crippen molar-refractivity contribution in [2.45, 2.75) is 13.3 Å². The lowest BCUT2D eigenvalue weighted by atomic mass is 10.2. The van der Waals surface area contributed by atoms with Crippen LogP contribution in [-0.4, -0.2) is 5.11 Å². The zero-order chi connectivity index (χ0) is 8.69. The maximum absolute atomic E-state index is 9.18. The maximum atomic E-state index is 9.18. The summed E-state index contributed by atoms with van der Waals surface area (Å²) in [5.41, 5.74) is 0.710. The Kier molecular flexibility index (Phi) is 4.91. The number of rotatable bonds is 4. The molecule has 0 heterocycles. The number of aliphatic hydroxyl groups excluding tert-OH is 1. The fraction of sp³-hybridized carbons (Fsp3) is 0.200. The van der Waals surface area contributed by atoms with E-state index in [4.69, 9.17) is 0 Å². The van der Waals surface area contributed by atoms with Crippen LogP contribution in [0.5, 0.6) is 0 Å². The molecule has 0 aromatic heterocycles. The lowest BCUT2D eigenvalue weighted by molar-refractivity contribution is 0.429. The van der Waals surface area contributed by atoms with Gasteiger partial charge >= 0.3 is 0 Å². The molecule has 1 N–H and O–H groups in total. The standard InChI is InChI=1S/C10H14O/c1-4-7-8-9(5-2)10(11)6-3/h5-8,11H,2-4H2,1H3/b8-7-,10-9-. The minimum Gasteiger partial charge on any atom is -0.507 e. The van der Waals surface area contributed by atoms with Gasteiger partial charge in [-0.05, 0) is 12.5 Å². The highest BCUT2D eigenvalue weighted by molar-refractivity contribution is 5.35. The van der Waals surface area contributed by atoms with E-state index in [2.05, 4.69) is 13.2 Å². The average molecular weight is 150 g/mol. The predicted molar refractivity (Wildman–Crippen MR) is 49.5 cm³/mol. The molecule has 0 spiro atoms. The molecule has 0 aromatic carbocycles. The maximum Gasteiger partial charge on any atom is 0.122 e. The van der Waals surface area contributed by atoms with E-state index >= 15 is 0 Å². The lowest BCUT2D eigenvalue weighted by Crippen LogP contribution is -1.80. The van der Waals surface area contributed by atoms with Gasteiger partial charge in [0.05, 0.1) is 0 Å². The van der Waals surface area contributed by atoms with Gasteiger partial charge in [0, 0.05) is 5.57 Å². The summed E-state index contributed by atoms with van der Waals surface area (Å²) < 4.78 is 0. The van der Waals surface area contributed by atoms with Gasteiger partial charge in [0.1, 0.15) is 5.76 Å². The molecule has 0 aliphatic rings. The quantitative estimate of drug-likeness (QED) is 0.482. The van der Waals surface area contributed by atoms with Gasteiger partial charge in [0.15, 0.2) is 0 Å². The van der Waals surface area contributed by atoms with Crippen LogP contribution in [0.25, 0.3) is 0 Å². The third-order valence-electron chi connectivity index (χ3n) is 1.24. The summed E-state index contributed by atoms with van der Waals surface area (Å²) in [6, 6.07) is 0. The topological polar surface area (TPSA) is 20.2 Å². The Bertz CT molecular complexity index is 197. The molecule has 0 radical (unpaired) electrons. The predicted octanol–water partition coefficient (Wildman–Crippen LogP) is 3.14. The second-order valence-corrected chi connectivity index (χ2v) is 2.06. The molecule has 0 amide bonds. The molecule has 0 aromatic rings. The first-order chi connectivity index (χ1) is 5.26. The zero-order valence-electron chi connectivity index (χ0n) is 6.88. The fourth-order valence-electron chi connectivity index (χ4n) is 0.621. The largest absolute Gasteiger partial charge is 0.507 e. The SMILES string of the molecule is C=C/C(O)=C(C=C)/C=C\CC. The summed E-state index contributed by atoms with van der Waals surface area (Å²) >= 11 is 0. The number of allylic oxidation sites excluding steroid dienone is 5. The van der Waals surface area contributed by atoms with Crippen molar-refractivity contribution in [1.82, 2.24) is 0 Å². The van der Waals surface area contributed by atoms with Crippen molar-refractivity contribution < 1.29 is 5.11 Å². The number of aliphatic hydroxyl groups is 1. The van der Waals surface area contributed by atoms with Gasteiger partial charge < -0.3 is 5.11 Å². The van der Waals surface area contributed by atoms with Gasteiger partial charge in [-0.1, -0.05) is 38.3 Å². The van der Waals surface area contributed by atoms with Crippen molar-refractivity contribution in [3.05, 3.63) is 48.8 Å². The minimum atomic E-state index is 0.171. The summed E-state index contributed by atoms with van der Waals surface area (Å²) in [5, 5.41) is 9.18. The molecule has 0 fully saturated rings. The average Bonchev–Trinajstić information content (AvgIpc) is 2.05. The first kappa shape index (κ1) is 9.76. The molecule has 0 saturated heterocycles. The van der Waals surface area contributed by atoms with E-state index < -0.39 is 0 Å². The van der Waals surface area contributed by atoms with Crippen LogP contribution in [0.15, 0.2) is 48.8 Å². The summed E-state index contributed by atoms with van der Waals surface area (Å²) in [6.07, 6.45) is 7.72. The monoisotopic (exact) mass is 150 g/mol. The molecule has 0 atom stereocenters. The summed E-state index contributed by atoms with van der Waals surface area (Å²) in [5.74, 6) is 0.171. The molecule has 0 bridgehead atoms. The number of hydrogen-bond acceptors (Lipinski definition) is 1. The van der Waals surface area contributed by atoms with Gasteiger partial charge in [-0.15, -0.1) is 0 Å². The van der Waals surface area contributed by atoms with E-state index in [9.17, 15) is 5.11 Å². The molecule has 11 heavy (non-hydrogen) atoms. The molecule has 1 nitrogen and oxygen atoms in total. The molecule has 0 aliphatic heterocycles. The molecular weight excluding hydrogens is 136 g/mol. The summed E-state index contributed by atoms with van der Waals surface area (Å²) in [6.45, 7) is 9.04. The van der Waals surface area contributed by atoms with E-state index in [0.29, 0.717) is 5.57 Å². The smallest absolute Gasteiger partial charge is 0.122 e. The van der Waals surface area contributed by atoms with Crippen molar-refractivity contribution in [3.8, 4) is 0 Å². The first-order valence-corrected chi connectivity index (χ1v) is 3.60. The fourth-order valence-corrected chi connectivity index (χ4v) is 0.621. The van der Waals surface area contributed by atoms with E-state index in [-0.39, 0.29) is 5.76 Å². The molecule has 0 aliphatic carbocycles. The van der Waals surface area contributed by atoms with Crippen LogP contribution in [0.2, 0.25) is 0 Å². The van der Waals surface area contributed by atoms with Crippen LogP contribution < -0.4 is 0 Å². The minimum absolute atomic E-state index is 0.171. The van der Waals surface area contributed by atoms with Crippen LogP contribution in [0.1, 0.15) is 13.3 Å². The van der Waals surface area contributed by atoms with Gasteiger partial charge in [0.2, 0.25) is 0 Å². The number of hydrogen-bond donors (Lipinski definition) is 1. The van der Waals surface area contributed by atoms with E-state index in [1.165, 1.54) is 6.08 Å². The third-order valence-corrected chi connectivity index (χ3v) is 1.24. The Morgan fingerprint density at radius 3 is 2.36 bits per heavy atom. The highest BCUT2D eigenvalue weighted by Crippen LogP contribution is 2.05. The Labute approximate surface area is 68.1 Å². The first-order valence-electron chi connectivity index (χ1n) is 3.60. The molecule has 60 valence electrons. The second-order valence-electron chi connectivity index (χ2n) is 2.06. The molecule has 0 saturated carbocycles. The van der Waals surface area contributed by atoms with Gasteiger partial charge in [-0.3, -0.25) is 0 Å². The Morgan fingerprint density at radius 2 is 2.00 bits per heavy atom. The Hall–Kier alpha value is -1.24. The molecule has 0 rings (SSSR count). The highest BCUT2D eigenvalue weighted by Gasteiger charge is 1.90. The van der Waals surface area contributed by atoms with Crippen LogP contribution in [0, 0.1) is 0 Å². The van der Waals surface area contributed by atoms with Crippen molar-refractivity contribution in [3.63, 3.8) is 0 Å². The summed E-state index contributed by atoms with van der Waals surface area (Å²) in [7, 11) is 0. The van der Waals surface area contributed by atoms with E-state index in [1.54, 1.807) is 6.08 Å². The second kappa shape index (κ2) is 5.54. The van der Waals surface area contributed by atoms with Crippen LogP contribution in [0.3, 0.4) is 0 Å². The molecular formula is C10H14O. The zero-order valence-corrected chi connectivity index (χ0v) is 6.88. The van der Waals surface area contributed by atoms with Crippen molar-refractivity contribution in [2.75, 3.05) is 0 Å². The molecule has 0 unspecified atom stereocenters. The Balaban J connectivity index is 4.51. The van der Waals surface area contributed by atoms with E-state index in [0.717, 1.165) is 6.42 Å². The van der Waals surface area contributed by atoms with Crippen molar-refractivity contribution in [1.29, 1.82) is 0 Å². The summed E-state index contributed by atoms with van der Waals surface area (Å²) in [4.78, 5) is 0. The van der Waals surface area contributed by atoms with Crippen LogP contribution in [-0.2, 0) is 0 Å². The van der Waals surface area contributed by atoms with Crippen molar-refractivity contribution in [2.24, 2.45) is 0 Å². The lowest BCUT2D eigenvalue weighted by Gasteiger charge is -1.94. The van der Waals surface area contributed by atoms with Crippen LogP contribution in [0.4, 0.5) is 0 Å². The van der Waals surface area contributed by atoms with Crippen LogP contribution >= 0.6 is 0 Å². The van der Waals surface area contributed by atoms with E-state index in [1.807, 2.05) is 19.1 Å².